The molecular formula is C15H28N4O2. The first-order chi connectivity index (χ1) is 10.1. The fraction of sp³-hybridized carbons (Fsp3) is 0.867. The lowest BCUT2D eigenvalue weighted by atomic mass is 9.87. The first-order valence-corrected chi connectivity index (χ1v) is 7.99. The standard InChI is InChI=1S/C15H28N4O2/c1-4-6-19-14(16-12-17-19)11-13(20)15(3,5-2)18-7-9-21-10-8-18/h12-13,20H,4-11H2,1-3H3. The average molecular weight is 296 g/mol. The Morgan fingerprint density at radius 3 is 2.71 bits per heavy atom. The topological polar surface area (TPSA) is 63.4 Å². The molecule has 0 aliphatic carbocycles. The van der Waals surface area contributed by atoms with Gasteiger partial charge in [0.05, 0.1) is 19.3 Å². The van der Waals surface area contributed by atoms with E-state index in [0.717, 1.165) is 51.5 Å². The van der Waals surface area contributed by atoms with Crippen LogP contribution in [0.5, 0.6) is 0 Å². The van der Waals surface area contributed by atoms with Crippen molar-refractivity contribution in [3.8, 4) is 0 Å². The highest BCUT2D eigenvalue weighted by atomic mass is 16.5. The number of aromatic nitrogens is 3. The summed E-state index contributed by atoms with van der Waals surface area (Å²) in [5.74, 6) is 0.872. The highest BCUT2D eigenvalue weighted by Crippen LogP contribution is 2.26. The summed E-state index contributed by atoms with van der Waals surface area (Å²) < 4.78 is 7.33. The second-order valence-electron chi connectivity index (χ2n) is 5.93. The van der Waals surface area contributed by atoms with Crippen LogP contribution in [0, 0.1) is 0 Å². The number of morpholine rings is 1. The van der Waals surface area contributed by atoms with E-state index in [-0.39, 0.29) is 5.54 Å². The Morgan fingerprint density at radius 2 is 2.10 bits per heavy atom. The van der Waals surface area contributed by atoms with Gasteiger partial charge in [-0.05, 0) is 19.8 Å². The first-order valence-electron chi connectivity index (χ1n) is 7.99. The third-order valence-electron chi connectivity index (χ3n) is 4.67. The van der Waals surface area contributed by atoms with Gasteiger partial charge in [-0.2, -0.15) is 5.10 Å². The van der Waals surface area contributed by atoms with E-state index in [1.165, 1.54) is 0 Å². The van der Waals surface area contributed by atoms with Crippen LogP contribution in [0.1, 0.15) is 39.4 Å². The maximum absolute atomic E-state index is 10.8. The van der Waals surface area contributed by atoms with Crippen LogP contribution in [0.4, 0.5) is 0 Å². The Labute approximate surface area is 127 Å². The minimum Gasteiger partial charge on any atom is -0.391 e. The van der Waals surface area contributed by atoms with Crippen LogP contribution in [0.3, 0.4) is 0 Å². The smallest absolute Gasteiger partial charge is 0.138 e. The van der Waals surface area contributed by atoms with Gasteiger partial charge in [-0.3, -0.25) is 9.58 Å². The van der Waals surface area contributed by atoms with E-state index in [1.807, 2.05) is 4.68 Å². The summed E-state index contributed by atoms with van der Waals surface area (Å²) in [6, 6.07) is 0. The van der Waals surface area contributed by atoms with E-state index in [0.29, 0.717) is 6.42 Å². The fourth-order valence-corrected chi connectivity index (χ4v) is 2.98. The van der Waals surface area contributed by atoms with Gasteiger partial charge in [0.15, 0.2) is 0 Å². The molecule has 2 heterocycles. The third kappa shape index (κ3) is 3.62. The lowest BCUT2D eigenvalue weighted by Crippen LogP contribution is -2.58. The molecule has 2 rings (SSSR count). The monoisotopic (exact) mass is 296 g/mol. The predicted molar refractivity (Wildman–Crippen MR) is 81.1 cm³/mol. The number of hydrogen-bond acceptors (Lipinski definition) is 5. The molecule has 2 unspecified atom stereocenters. The summed E-state index contributed by atoms with van der Waals surface area (Å²) in [7, 11) is 0. The van der Waals surface area contributed by atoms with Crippen molar-refractivity contribution in [2.45, 2.75) is 58.2 Å². The van der Waals surface area contributed by atoms with Gasteiger partial charge in [0.1, 0.15) is 12.2 Å². The van der Waals surface area contributed by atoms with Crippen LogP contribution in [0.15, 0.2) is 6.33 Å². The van der Waals surface area contributed by atoms with Crippen molar-refractivity contribution < 1.29 is 9.84 Å². The number of hydrogen-bond donors (Lipinski definition) is 1. The minimum atomic E-state index is -0.458. The van der Waals surface area contributed by atoms with Crippen LogP contribution in [-0.4, -0.2) is 62.7 Å². The van der Waals surface area contributed by atoms with Crippen molar-refractivity contribution in [1.82, 2.24) is 19.7 Å². The van der Waals surface area contributed by atoms with Crippen LogP contribution in [0.25, 0.3) is 0 Å². The number of ether oxygens (including phenoxy) is 1. The fourth-order valence-electron chi connectivity index (χ4n) is 2.98. The van der Waals surface area contributed by atoms with Crippen LogP contribution < -0.4 is 0 Å². The molecule has 0 amide bonds. The third-order valence-corrected chi connectivity index (χ3v) is 4.67. The molecule has 6 heteroatoms. The van der Waals surface area contributed by atoms with E-state index in [1.54, 1.807) is 6.33 Å². The van der Waals surface area contributed by atoms with E-state index in [9.17, 15) is 5.11 Å². The molecule has 1 saturated heterocycles. The quantitative estimate of drug-likeness (QED) is 0.816. The second-order valence-corrected chi connectivity index (χ2v) is 5.93. The summed E-state index contributed by atoms with van der Waals surface area (Å²) in [4.78, 5) is 6.67. The summed E-state index contributed by atoms with van der Waals surface area (Å²) >= 11 is 0. The molecule has 1 N–H and O–H groups in total. The highest BCUT2D eigenvalue weighted by molar-refractivity contribution is 4.99. The lowest BCUT2D eigenvalue weighted by Gasteiger charge is -2.45. The Hall–Kier alpha value is -0.980. The Morgan fingerprint density at radius 1 is 1.38 bits per heavy atom. The molecule has 6 nitrogen and oxygen atoms in total. The summed E-state index contributed by atoms with van der Waals surface area (Å²) in [5.41, 5.74) is -0.243. The molecule has 1 aromatic rings. The van der Waals surface area contributed by atoms with E-state index in [2.05, 4.69) is 35.8 Å². The molecule has 2 atom stereocenters. The maximum Gasteiger partial charge on any atom is 0.138 e. The van der Waals surface area contributed by atoms with Crippen molar-refractivity contribution in [3.05, 3.63) is 12.2 Å². The zero-order valence-corrected chi connectivity index (χ0v) is 13.5. The van der Waals surface area contributed by atoms with Gasteiger partial charge in [-0.25, -0.2) is 4.98 Å². The molecular weight excluding hydrogens is 268 g/mol. The predicted octanol–water partition coefficient (Wildman–Crippen LogP) is 1.09. The molecule has 0 saturated carbocycles. The average Bonchev–Trinajstić information content (AvgIpc) is 2.95. The van der Waals surface area contributed by atoms with Gasteiger partial charge in [-0.1, -0.05) is 13.8 Å². The van der Waals surface area contributed by atoms with Crippen LogP contribution >= 0.6 is 0 Å². The zero-order chi connectivity index (χ0) is 15.3. The molecule has 120 valence electrons. The van der Waals surface area contributed by atoms with Gasteiger partial charge >= 0.3 is 0 Å². The Kier molecular flexibility index (Phi) is 5.72. The molecule has 0 aromatic carbocycles. The minimum absolute atomic E-state index is 0.243. The second kappa shape index (κ2) is 7.33. The van der Waals surface area contributed by atoms with Crippen molar-refractivity contribution in [1.29, 1.82) is 0 Å². The van der Waals surface area contributed by atoms with E-state index < -0.39 is 6.10 Å². The number of aliphatic hydroxyl groups excluding tert-OH is 1. The van der Waals surface area contributed by atoms with E-state index in [4.69, 9.17) is 4.74 Å². The van der Waals surface area contributed by atoms with Crippen LogP contribution in [-0.2, 0) is 17.7 Å². The molecule has 1 aliphatic heterocycles. The van der Waals surface area contributed by atoms with Crippen molar-refractivity contribution in [3.63, 3.8) is 0 Å². The van der Waals surface area contributed by atoms with Crippen LogP contribution in [0.2, 0.25) is 0 Å². The van der Waals surface area contributed by atoms with Gasteiger partial charge in [-0.15, -0.1) is 0 Å². The number of rotatable bonds is 7. The lowest BCUT2D eigenvalue weighted by molar-refractivity contribution is -0.0721. The molecule has 21 heavy (non-hydrogen) atoms. The van der Waals surface area contributed by atoms with Gasteiger partial charge in [0, 0.05) is 31.6 Å². The largest absolute Gasteiger partial charge is 0.391 e. The molecule has 0 bridgehead atoms. The van der Waals surface area contributed by atoms with Gasteiger partial charge < -0.3 is 9.84 Å². The Bertz CT molecular complexity index is 431. The number of aryl methyl sites for hydroxylation is 1. The maximum atomic E-state index is 10.8. The summed E-state index contributed by atoms with van der Waals surface area (Å²) in [6.45, 7) is 10.5. The van der Waals surface area contributed by atoms with Gasteiger partial charge in [0.2, 0.25) is 0 Å². The molecule has 0 radical (unpaired) electrons. The van der Waals surface area contributed by atoms with Crippen molar-refractivity contribution in [2.75, 3.05) is 26.3 Å². The SMILES string of the molecule is CCCn1ncnc1CC(O)C(C)(CC)N1CCOCC1. The van der Waals surface area contributed by atoms with Gasteiger partial charge in [0.25, 0.3) is 0 Å². The Balaban J connectivity index is 2.08. The summed E-state index contributed by atoms with van der Waals surface area (Å²) in [6.07, 6.45) is 3.58. The van der Waals surface area contributed by atoms with Crippen molar-refractivity contribution in [2.24, 2.45) is 0 Å². The highest BCUT2D eigenvalue weighted by Gasteiger charge is 2.38. The zero-order valence-electron chi connectivity index (χ0n) is 13.5. The molecule has 0 spiro atoms. The number of aliphatic hydroxyl groups is 1. The van der Waals surface area contributed by atoms with E-state index >= 15 is 0 Å². The molecule has 1 aromatic heterocycles. The summed E-state index contributed by atoms with van der Waals surface area (Å²) in [5, 5.41) is 15.1. The number of nitrogens with zero attached hydrogens (tertiary/aromatic N) is 4. The molecule has 1 fully saturated rings. The van der Waals surface area contributed by atoms with Crippen molar-refractivity contribution >= 4 is 0 Å². The molecule has 1 aliphatic rings. The normalized spacial score (nSPS) is 21.1. The first kappa shape index (κ1) is 16.4.